The van der Waals surface area contributed by atoms with E-state index in [-0.39, 0.29) is 17.7 Å². The molecule has 2 N–H and O–H groups in total. The number of rotatable bonds is 4. The molecule has 6 heteroatoms. The van der Waals surface area contributed by atoms with Crippen molar-refractivity contribution in [3.8, 4) is 0 Å². The number of carbonyl (C=O) groups is 2. The molecule has 0 radical (unpaired) electrons. The number of carbonyl (C=O) groups excluding carboxylic acids is 2. The molecule has 1 saturated carbocycles. The van der Waals surface area contributed by atoms with Crippen LogP contribution in [0.2, 0.25) is 10.0 Å². The third-order valence-electron chi connectivity index (χ3n) is 3.48. The van der Waals surface area contributed by atoms with Crippen LogP contribution in [0.4, 0.5) is 11.4 Å². The van der Waals surface area contributed by atoms with Crippen molar-refractivity contribution >= 4 is 46.4 Å². The van der Waals surface area contributed by atoms with E-state index in [0.29, 0.717) is 27.0 Å². The summed E-state index contributed by atoms with van der Waals surface area (Å²) in [5.41, 5.74) is 1.72. The van der Waals surface area contributed by atoms with Crippen LogP contribution < -0.4 is 10.6 Å². The zero-order chi connectivity index (χ0) is 16.4. The summed E-state index contributed by atoms with van der Waals surface area (Å²) in [6, 6.07) is 11.6. The fourth-order valence-corrected chi connectivity index (χ4v) is 2.64. The van der Waals surface area contributed by atoms with E-state index in [4.69, 9.17) is 23.2 Å². The van der Waals surface area contributed by atoms with Gasteiger partial charge in [-0.15, -0.1) is 0 Å². The molecule has 0 spiro atoms. The van der Waals surface area contributed by atoms with Crippen molar-refractivity contribution < 1.29 is 9.59 Å². The van der Waals surface area contributed by atoms with Crippen LogP contribution in [0.5, 0.6) is 0 Å². The quantitative estimate of drug-likeness (QED) is 0.848. The van der Waals surface area contributed by atoms with Crippen molar-refractivity contribution in [2.45, 2.75) is 12.8 Å². The Morgan fingerprint density at radius 1 is 0.870 bits per heavy atom. The summed E-state index contributed by atoms with van der Waals surface area (Å²) in [7, 11) is 0. The van der Waals surface area contributed by atoms with Crippen molar-refractivity contribution in [2.75, 3.05) is 10.6 Å². The van der Waals surface area contributed by atoms with Crippen molar-refractivity contribution in [1.82, 2.24) is 0 Å². The molecule has 0 aromatic heterocycles. The Bertz CT molecular complexity index is 735. The van der Waals surface area contributed by atoms with Gasteiger partial charge in [-0.3, -0.25) is 9.59 Å². The third-order valence-corrected chi connectivity index (χ3v) is 3.92. The minimum absolute atomic E-state index is 0.0513. The Morgan fingerprint density at radius 3 is 1.91 bits per heavy atom. The Balaban J connectivity index is 1.65. The smallest absolute Gasteiger partial charge is 0.255 e. The molecule has 3 rings (SSSR count). The summed E-state index contributed by atoms with van der Waals surface area (Å²) in [4.78, 5) is 23.9. The lowest BCUT2D eigenvalue weighted by atomic mass is 10.2. The minimum Gasteiger partial charge on any atom is -0.326 e. The molecule has 1 fully saturated rings. The number of hydrogen-bond acceptors (Lipinski definition) is 2. The van der Waals surface area contributed by atoms with Crippen LogP contribution in [0, 0.1) is 5.92 Å². The molecule has 0 unspecified atom stereocenters. The van der Waals surface area contributed by atoms with E-state index in [1.807, 2.05) is 0 Å². The molecule has 0 atom stereocenters. The normalized spacial score (nSPS) is 13.5. The number of amides is 2. The zero-order valence-electron chi connectivity index (χ0n) is 12.1. The summed E-state index contributed by atoms with van der Waals surface area (Å²) in [5.74, 6) is -0.0959. The average molecular weight is 349 g/mol. The SMILES string of the molecule is O=C(Nc1ccc(NC(=O)C2CC2)cc1)c1cc(Cl)cc(Cl)c1. The van der Waals surface area contributed by atoms with Gasteiger partial charge in [-0.05, 0) is 55.3 Å². The van der Waals surface area contributed by atoms with Crippen LogP contribution in [-0.2, 0) is 4.79 Å². The second-order valence-corrected chi connectivity index (χ2v) is 6.33. The van der Waals surface area contributed by atoms with Gasteiger partial charge in [-0.1, -0.05) is 23.2 Å². The topological polar surface area (TPSA) is 58.2 Å². The van der Waals surface area contributed by atoms with Crippen LogP contribution >= 0.6 is 23.2 Å². The molecule has 1 aliphatic carbocycles. The van der Waals surface area contributed by atoms with Gasteiger partial charge >= 0.3 is 0 Å². The van der Waals surface area contributed by atoms with Crippen LogP contribution in [-0.4, -0.2) is 11.8 Å². The first kappa shape index (κ1) is 15.8. The van der Waals surface area contributed by atoms with E-state index < -0.39 is 0 Å². The van der Waals surface area contributed by atoms with E-state index in [2.05, 4.69) is 10.6 Å². The standard InChI is InChI=1S/C17H14Cl2N2O2/c18-12-7-11(8-13(19)9-12)17(23)21-15-5-3-14(4-6-15)20-16(22)10-1-2-10/h3-10H,1-2H2,(H,20,22)(H,21,23). The fraction of sp³-hybridized carbons (Fsp3) is 0.176. The van der Waals surface area contributed by atoms with Gasteiger partial charge in [0.25, 0.3) is 5.91 Å². The second kappa shape index (κ2) is 6.60. The Kier molecular flexibility index (Phi) is 4.55. The molecule has 23 heavy (non-hydrogen) atoms. The highest BCUT2D eigenvalue weighted by Gasteiger charge is 2.29. The first-order chi connectivity index (χ1) is 11.0. The molecule has 2 amide bonds. The van der Waals surface area contributed by atoms with Gasteiger partial charge in [0.1, 0.15) is 0 Å². The largest absolute Gasteiger partial charge is 0.326 e. The third kappa shape index (κ3) is 4.24. The van der Waals surface area contributed by atoms with Crippen molar-refractivity contribution in [2.24, 2.45) is 5.92 Å². The second-order valence-electron chi connectivity index (χ2n) is 5.45. The lowest BCUT2D eigenvalue weighted by Crippen LogP contribution is -2.14. The zero-order valence-corrected chi connectivity index (χ0v) is 13.6. The number of hydrogen-bond donors (Lipinski definition) is 2. The highest BCUT2D eigenvalue weighted by atomic mass is 35.5. The Labute approximate surface area is 143 Å². The van der Waals surface area contributed by atoms with Gasteiger partial charge < -0.3 is 10.6 Å². The molecule has 1 aliphatic rings. The molecule has 2 aromatic rings. The number of nitrogens with one attached hydrogen (secondary N) is 2. The van der Waals surface area contributed by atoms with E-state index in [9.17, 15) is 9.59 Å². The van der Waals surface area contributed by atoms with Gasteiger partial charge in [0.15, 0.2) is 0 Å². The van der Waals surface area contributed by atoms with Crippen LogP contribution in [0.3, 0.4) is 0 Å². The van der Waals surface area contributed by atoms with E-state index in [1.54, 1.807) is 42.5 Å². The Hall–Kier alpha value is -2.04. The molecular weight excluding hydrogens is 335 g/mol. The summed E-state index contributed by atoms with van der Waals surface area (Å²) in [5, 5.41) is 6.41. The van der Waals surface area contributed by atoms with Gasteiger partial charge in [0.05, 0.1) is 0 Å². The van der Waals surface area contributed by atoms with E-state index in [0.717, 1.165) is 12.8 Å². The van der Waals surface area contributed by atoms with Gasteiger partial charge in [0, 0.05) is 32.9 Å². The molecule has 0 bridgehead atoms. The van der Waals surface area contributed by atoms with E-state index in [1.165, 1.54) is 0 Å². The first-order valence-electron chi connectivity index (χ1n) is 7.19. The summed E-state index contributed by atoms with van der Waals surface area (Å²) in [6.07, 6.45) is 1.92. The monoisotopic (exact) mass is 348 g/mol. The highest BCUT2D eigenvalue weighted by molar-refractivity contribution is 6.35. The molecular formula is C17H14Cl2N2O2. The average Bonchev–Trinajstić information content (AvgIpc) is 3.33. The number of anilines is 2. The van der Waals surface area contributed by atoms with Crippen LogP contribution in [0.15, 0.2) is 42.5 Å². The van der Waals surface area contributed by atoms with Crippen molar-refractivity contribution in [1.29, 1.82) is 0 Å². The number of halogens is 2. The molecule has 2 aromatic carbocycles. The van der Waals surface area contributed by atoms with Gasteiger partial charge in [-0.2, -0.15) is 0 Å². The predicted molar refractivity (Wildman–Crippen MR) is 92.2 cm³/mol. The molecule has 4 nitrogen and oxygen atoms in total. The minimum atomic E-state index is -0.302. The molecule has 118 valence electrons. The predicted octanol–water partition coefficient (Wildman–Crippen LogP) is 4.59. The summed E-state index contributed by atoms with van der Waals surface area (Å²) >= 11 is 11.8. The maximum Gasteiger partial charge on any atom is 0.255 e. The van der Waals surface area contributed by atoms with Crippen LogP contribution in [0.1, 0.15) is 23.2 Å². The van der Waals surface area contributed by atoms with Crippen LogP contribution in [0.25, 0.3) is 0 Å². The fourth-order valence-electron chi connectivity index (χ4n) is 2.11. The van der Waals surface area contributed by atoms with Crippen molar-refractivity contribution in [3.63, 3.8) is 0 Å². The van der Waals surface area contributed by atoms with Gasteiger partial charge in [-0.25, -0.2) is 0 Å². The molecule has 0 saturated heterocycles. The maximum atomic E-state index is 12.2. The lowest BCUT2D eigenvalue weighted by molar-refractivity contribution is -0.117. The molecule has 0 heterocycles. The summed E-state index contributed by atoms with van der Waals surface area (Å²) < 4.78 is 0. The lowest BCUT2D eigenvalue weighted by Gasteiger charge is -2.08. The van der Waals surface area contributed by atoms with E-state index >= 15 is 0 Å². The summed E-state index contributed by atoms with van der Waals surface area (Å²) in [6.45, 7) is 0. The maximum absolute atomic E-state index is 12.2. The Morgan fingerprint density at radius 2 is 1.39 bits per heavy atom. The number of benzene rings is 2. The van der Waals surface area contributed by atoms with Gasteiger partial charge in [0.2, 0.25) is 5.91 Å². The molecule has 0 aliphatic heterocycles. The first-order valence-corrected chi connectivity index (χ1v) is 7.95. The van der Waals surface area contributed by atoms with Crippen molar-refractivity contribution in [3.05, 3.63) is 58.1 Å². The highest BCUT2D eigenvalue weighted by Crippen LogP contribution is 2.30.